The predicted octanol–water partition coefficient (Wildman–Crippen LogP) is 10.8. The van der Waals surface area contributed by atoms with Gasteiger partial charge in [0.25, 0.3) is 0 Å². The first-order chi connectivity index (χ1) is 28.7. The van der Waals surface area contributed by atoms with Gasteiger partial charge in [0.05, 0.1) is 6.61 Å². The van der Waals surface area contributed by atoms with Crippen LogP contribution in [0.15, 0.2) is 12.2 Å². The highest BCUT2D eigenvalue weighted by atomic mass is 16.7. The first kappa shape index (κ1) is 55.0. The number of hydrogen-bond acceptors (Lipinski definition) is 10. The Labute approximate surface area is 358 Å². The average molecular weight is 841 g/mol. The van der Waals surface area contributed by atoms with Crippen molar-refractivity contribution in [2.45, 2.75) is 263 Å². The zero-order valence-electron chi connectivity index (χ0n) is 37.5. The molecular formula is C48H88O11. The molecule has 0 amide bonds. The highest BCUT2D eigenvalue weighted by Gasteiger charge is 2.47. The summed E-state index contributed by atoms with van der Waals surface area (Å²) in [7, 11) is 0. The van der Waals surface area contributed by atoms with Crippen LogP contribution in [-0.4, -0.2) is 88.4 Å². The van der Waals surface area contributed by atoms with Gasteiger partial charge in [0.2, 0.25) is 0 Å². The minimum Gasteiger partial charge on any atom is -0.479 e. The summed E-state index contributed by atoms with van der Waals surface area (Å²) in [4.78, 5) is 36.8. The van der Waals surface area contributed by atoms with E-state index in [1.54, 1.807) is 0 Å². The van der Waals surface area contributed by atoms with E-state index in [4.69, 9.17) is 18.9 Å². The Bertz CT molecular complexity index is 1040. The minimum absolute atomic E-state index is 0.187. The molecule has 0 spiro atoms. The Morgan fingerprint density at radius 1 is 0.508 bits per heavy atom. The molecule has 1 aliphatic heterocycles. The highest BCUT2D eigenvalue weighted by Crippen LogP contribution is 2.23. The number of aliphatic hydroxyl groups excluding tert-OH is 3. The number of ether oxygens (including phenoxy) is 4. The van der Waals surface area contributed by atoms with Crippen LogP contribution < -0.4 is 0 Å². The summed E-state index contributed by atoms with van der Waals surface area (Å²) in [5, 5.41) is 39.8. The molecule has 1 heterocycles. The zero-order valence-corrected chi connectivity index (χ0v) is 37.5. The van der Waals surface area contributed by atoms with E-state index >= 15 is 0 Å². The number of aliphatic hydroxyl groups is 3. The molecule has 0 aromatic carbocycles. The lowest BCUT2D eigenvalue weighted by Gasteiger charge is -2.38. The van der Waals surface area contributed by atoms with Crippen molar-refractivity contribution in [3.05, 3.63) is 12.2 Å². The summed E-state index contributed by atoms with van der Waals surface area (Å²) in [5.41, 5.74) is 0. The zero-order chi connectivity index (χ0) is 43.2. The lowest BCUT2D eigenvalue weighted by atomic mass is 9.99. The van der Waals surface area contributed by atoms with Crippen LogP contribution in [0, 0.1) is 0 Å². The number of allylic oxidation sites excluding steroid dienone is 2. The maximum Gasteiger partial charge on any atom is 0.335 e. The van der Waals surface area contributed by atoms with Gasteiger partial charge in [-0.25, -0.2) is 4.79 Å². The second-order valence-corrected chi connectivity index (χ2v) is 17.0. The standard InChI is InChI=1S/C48H88O11/c1-3-5-7-9-11-13-15-17-18-19-20-21-22-23-24-25-27-29-31-33-35-37-42(50)58-40(39-57-48-45(53)43(51)44(52)46(59-48)47(54)55)38-56-41(49)36-34-32-30-28-26-16-14-12-10-8-6-4-2/h12,14,40,43-46,48,51-53H,3-11,13,15-39H2,1-2H3,(H,54,55)/b14-12-. The third kappa shape index (κ3) is 30.6. The van der Waals surface area contributed by atoms with Gasteiger partial charge in [0, 0.05) is 12.8 Å². The van der Waals surface area contributed by atoms with Gasteiger partial charge in [-0.3, -0.25) is 9.59 Å². The lowest BCUT2D eigenvalue weighted by molar-refractivity contribution is -0.298. The molecule has 11 nitrogen and oxygen atoms in total. The van der Waals surface area contributed by atoms with Crippen molar-refractivity contribution < 1.29 is 53.8 Å². The smallest absolute Gasteiger partial charge is 0.335 e. The van der Waals surface area contributed by atoms with E-state index in [0.29, 0.717) is 12.8 Å². The van der Waals surface area contributed by atoms with Crippen molar-refractivity contribution in [2.75, 3.05) is 13.2 Å². The van der Waals surface area contributed by atoms with Crippen LogP contribution in [0.4, 0.5) is 0 Å². The molecule has 59 heavy (non-hydrogen) atoms. The molecule has 6 unspecified atom stereocenters. The van der Waals surface area contributed by atoms with Crippen molar-refractivity contribution in [3.63, 3.8) is 0 Å². The Morgan fingerprint density at radius 3 is 1.36 bits per heavy atom. The van der Waals surface area contributed by atoms with Gasteiger partial charge in [0.15, 0.2) is 18.5 Å². The summed E-state index contributed by atoms with van der Waals surface area (Å²) in [6, 6.07) is 0. The summed E-state index contributed by atoms with van der Waals surface area (Å²) >= 11 is 0. The van der Waals surface area contributed by atoms with Crippen LogP contribution in [-0.2, 0) is 33.3 Å². The Hall–Kier alpha value is -2.05. The number of hydrogen-bond donors (Lipinski definition) is 4. The molecule has 346 valence electrons. The number of carbonyl (C=O) groups excluding carboxylic acids is 2. The molecule has 0 saturated carbocycles. The molecule has 1 rings (SSSR count). The van der Waals surface area contributed by atoms with E-state index in [9.17, 15) is 34.8 Å². The number of carbonyl (C=O) groups is 3. The fraction of sp³-hybridized carbons (Fsp3) is 0.896. The normalized spacial score (nSPS) is 19.9. The number of unbranched alkanes of at least 4 members (excludes halogenated alkanes) is 28. The van der Waals surface area contributed by atoms with Crippen LogP contribution in [0.3, 0.4) is 0 Å². The first-order valence-electron chi connectivity index (χ1n) is 24.2. The number of esters is 2. The monoisotopic (exact) mass is 841 g/mol. The molecule has 0 bridgehead atoms. The number of carboxylic acid groups (broad SMARTS) is 1. The van der Waals surface area contributed by atoms with Gasteiger partial charge >= 0.3 is 17.9 Å². The molecule has 6 atom stereocenters. The number of carboxylic acids is 1. The fourth-order valence-electron chi connectivity index (χ4n) is 7.52. The maximum absolute atomic E-state index is 12.8. The van der Waals surface area contributed by atoms with Crippen molar-refractivity contribution in [3.8, 4) is 0 Å². The van der Waals surface area contributed by atoms with Gasteiger partial charge in [-0.15, -0.1) is 0 Å². The number of aliphatic carboxylic acids is 1. The molecule has 11 heteroatoms. The van der Waals surface area contributed by atoms with E-state index < -0.39 is 54.7 Å². The highest BCUT2D eigenvalue weighted by molar-refractivity contribution is 5.73. The molecule has 1 aliphatic rings. The second kappa shape index (κ2) is 38.8. The van der Waals surface area contributed by atoms with Crippen molar-refractivity contribution >= 4 is 17.9 Å². The van der Waals surface area contributed by atoms with Gasteiger partial charge in [0.1, 0.15) is 24.9 Å². The van der Waals surface area contributed by atoms with E-state index in [-0.39, 0.29) is 26.1 Å². The fourth-order valence-corrected chi connectivity index (χ4v) is 7.52. The van der Waals surface area contributed by atoms with Crippen molar-refractivity contribution in [2.24, 2.45) is 0 Å². The van der Waals surface area contributed by atoms with Crippen molar-refractivity contribution in [1.29, 1.82) is 0 Å². The van der Waals surface area contributed by atoms with Crippen LogP contribution in [0.5, 0.6) is 0 Å². The van der Waals surface area contributed by atoms with Crippen LogP contribution in [0.2, 0.25) is 0 Å². The van der Waals surface area contributed by atoms with Crippen LogP contribution >= 0.6 is 0 Å². The molecule has 0 aromatic heterocycles. The molecular weight excluding hydrogens is 753 g/mol. The average Bonchev–Trinajstić information content (AvgIpc) is 3.22. The molecule has 0 radical (unpaired) electrons. The van der Waals surface area contributed by atoms with E-state index in [0.717, 1.165) is 57.8 Å². The molecule has 1 fully saturated rings. The Balaban J connectivity index is 2.29. The van der Waals surface area contributed by atoms with Crippen LogP contribution in [0.1, 0.15) is 226 Å². The van der Waals surface area contributed by atoms with E-state index in [1.165, 1.54) is 128 Å². The van der Waals surface area contributed by atoms with Gasteiger partial charge in [-0.1, -0.05) is 187 Å². The largest absolute Gasteiger partial charge is 0.479 e. The van der Waals surface area contributed by atoms with Crippen LogP contribution in [0.25, 0.3) is 0 Å². The molecule has 0 aliphatic carbocycles. The summed E-state index contributed by atoms with van der Waals surface area (Å²) in [6.07, 6.45) is 32.7. The number of rotatable bonds is 41. The quantitative estimate of drug-likeness (QED) is 0.0263. The lowest BCUT2D eigenvalue weighted by Crippen LogP contribution is -2.60. The van der Waals surface area contributed by atoms with E-state index in [2.05, 4.69) is 26.0 Å². The Kier molecular flexibility index (Phi) is 36.2. The maximum atomic E-state index is 12.8. The first-order valence-corrected chi connectivity index (χ1v) is 24.2. The van der Waals surface area contributed by atoms with E-state index in [1.807, 2.05) is 0 Å². The summed E-state index contributed by atoms with van der Waals surface area (Å²) in [6.45, 7) is 3.81. The van der Waals surface area contributed by atoms with Crippen molar-refractivity contribution in [1.82, 2.24) is 0 Å². The van der Waals surface area contributed by atoms with Gasteiger partial charge in [-0.2, -0.15) is 0 Å². The molecule has 4 N–H and O–H groups in total. The molecule has 0 aromatic rings. The third-order valence-electron chi connectivity index (χ3n) is 11.4. The predicted molar refractivity (Wildman–Crippen MR) is 234 cm³/mol. The van der Waals surface area contributed by atoms with Gasteiger partial charge in [-0.05, 0) is 38.5 Å². The minimum atomic E-state index is -1.86. The summed E-state index contributed by atoms with van der Waals surface area (Å²) in [5.74, 6) is -2.44. The van der Waals surface area contributed by atoms with Gasteiger partial charge < -0.3 is 39.4 Å². The Morgan fingerprint density at radius 2 is 0.898 bits per heavy atom. The topological polar surface area (TPSA) is 169 Å². The second-order valence-electron chi connectivity index (χ2n) is 17.0. The SMILES string of the molecule is CCCCC/C=C\CCCCCCCC(=O)OCC(COC1OC(C(=O)O)C(O)C(O)C1O)OC(=O)CCCCCCCCCCCCCCCCCCCCCCC. The third-order valence-corrected chi connectivity index (χ3v) is 11.4. The molecule has 1 saturated heterocycles. The summed E-state index contributed by atoms with van der Waals surface area (Å²) < 4.78 is 21.8.